The number of nitrogens with one attached hydrogen (secondary N) is 1. The number of anilines is 2. The fourth-order valence-corrected chi connectivity index (χ4v) is 3.61. The molecule has 0 aliphatic carbocycles. The Bertz CT molecular complexity index is 889. The summed E-state index contributed by atoms with van der Waals surface area (Å²) in [4.78, 5) is 30.8. The Morgan fingerprint density at radius 2 is 1.89 bits per heavy atom. The number of H-pyrrole nitrogens is 1. The van der Waals surface area contributed by atoms with Gasteiger partial charge in [0.2, 0.25) is 0 Å². The van der Waals surface area contributed by atoms with Crippen LogP contribution in [0.15, 0.2) is 24.3 Å². The first-order chi connectivity index (χ1) is 13.0. The van der Waals surface area contributed by atoms with E-state index in [0.29, 0.717) is 36.1 Å². The van der Waals surface area contributed by atoms with Crippen molar-refractivity contribution in [1.82, 2.24) is 9.88 Å². The van der Waals surface area contributed by atoms with Gasteiger partial charge in [0.1, 0.15) is 18.1 Å². The molecule has 1 saturated heterocycles. The van der Waals surface area contributed by atoms with Crippen LogP contribution in [0.4, 0.5) is 15.9 Å². The van der Waals surface area contributed by atoms with E-state index in [0.717, 1.165) is 32.4 Å². The van der Waals surface area contributed by atoms with Crippen LogP contribution in [-0.2, 0) is 0 Å². The normalized spacial score (nSPS) is 16.6. The zero-order chi connectivity index (χ0) is 19.0. The van der Waals surface area contributed by atoms with Crippen molar-refractivity contribution in [2.24, 2.45) is 5.73 Å². The van der Waals surface area contributed by atoms with E-state index in [-0.39, 0.29) is 11.5 Å². The second-order valence-corrected chi connectivity index (χ2v) is 6.78. The number of aromatic amines is 1. The third-order valence-corrected chi connectivity index (χ3v) is 5.01. The van der Waals surface area contributed by atoms with Gasteiger partial charge in [0, 0.05) is 24.8 Å². The number of likely N-dealkylation sites (tertiary alicyclic amines) is 1. The monoisotopic (exact) mass is 372 g/mol. The lowest BCUT2D eigenvalue weighted by molar-refractivity contribution is 0.0719. The highest BCUT2D eigenvalue weighted by Gasteiger charge is 2.27. The van der Waals surface area contributed by atoms with Crippen LogP contribution < -0.4 is 15.4 Å². The van der Waals surface area contributed by atoms with E-state index in [1.54, 1.807) is 12.1 Å². The molecule has 3 heterocycles. The molecule has 2 aromatic rings. The van der Waals surface area contributed by atoms with Gasteiger partial charge in [-0.3, -0.25) is 9.59 Å². The topological polar surface area (TPSA) is 91.7 Å². The molecule has 142 valence electrons. The van der Waals surface area contributed by atoms with E-state index in [1.165, 1.54) is 12.1 Å². The number of carbonyl (C=O) groups is 2. The number of primary amides is 1. The Labute approximate surface area is 155 Å². The predicted molar refractivity (Wildman–Crippen MR) is 98.0 cm³/mol. The number of nitrogens with zero attached hydrogens (tertiary/aromatic N) is 2. The summed E-state index contributed by atoms with van der Waals surface area (Å²) in [6.07, 6.45) is 3.18. The number of amides is 2. The molecule has 0 atom stereocenters. The third-order valence-electron chi connectivity index (χ3n) is 5.01. The summed E-state index contributed by atoms with van der Waals surface area (Å²) in [5.74, 6) is -0.378. The van der Waals surface area contributed by atoms with E-state index in [2.05, 4.69) is 4.98 Å². The molecule has 8 heteroatoms. The first kappa shape index (κ1) is 17.4. The molecular weight excluding hydrogens is 351 g/mol. The Balaban J connectivity index is 1.63. The number of ether oxygens (including phenoxy) is 1. The van der Waals surface area contributed by atoms with Crippen molar-refractivity contribution < 1.29 is 18.7 Å². The number of hydrogen-bond acceptors (Lipinski definition) is 4. The minimum atomic E-state index is -0.809. The summed E-state index contributed by atoms with van der Waals surface area (Å²) >= 11 is 0. The van der Waals surface area contributed by atoms with Crippen LogP contribution in [-0.4, -0.2) is 47.9 Å². The van der Waals surface area contributed by atoms with Gasteiger partial charge < -0.3 is 25.3 Å². The van der Waals surface area contributed by atoms with Crippen LogP contribution in [0.3, 0.4) is 0 Å². The molecule has 0 spiro atoms. The Kier molecular flexibility index (Phi) is 4.47. The summed E-state index contributed by atoms with van der Waals surface area (Å²) in [5, 5.41) is 0. The zero-order valence-electron chi connectivity index (χ0n) is 14.8. The lowest BCUT2D eigenvalue weighted by Gasteiger charge is -2.29. The molecule has 1 fully saturated rings. The molecule has 0 unspecified atom stereocenters. The number of benzene rings is 1. The van der Waals surface area contributed by atoms with Gasteiger partial charge in [-0.15, -0.1) is 0 Å². The third kappa shape index (κ3) is 3.22. The SMILES string of the molecule is NC(=O)c1ccc(N2CCOc3cc(C(=O)N4CCCCC4)[nH]c32)cc1F. The average Bonchev–Trinajstić information content (AvgIpc) is 3.12. The summed E-state index contributed by atoms with van der Waals surface area (Å²) in [6.45, 7) is 2.40. The fourth-order valence-electron chi connectivity index (χ4n) is 3.61. The minimum Gasteiger partial charge on any atom is -0.488 e. The van der Waals surface area contributed by atoms with Gasteiger partial charge in [0.05, 0.1) is 12.1 Å². The quantitative estimate of drug-likeness (QED) is 0.866. The first-order valence-corrected chi connectivity index (χ1v) is 9.06. The number of aromatic nitrogens is 1. The largest absolute Gasteiger partial charge is 0.488 e. The molecule has 1 aromatic heterocycles. The molecule has 4 rings (SSSR count). The second kappa shape index (κ2) is 6.94. The van der Waals surface area contributed by atoms with Crippen molar-refractivity contribution in [2.75, 3.05) is 31.1 Å². The number of piperidine rings is 1. The van der Waals surface area contributed by atoms with Gasteiger partial charge >= 0.3 is 0 Å². The molecule has 1 aromatic carbocycles. The van der Waals surface area contributed by atoms with E-state index in [4.69, 9.17) is 10.5 Å². The predicted octanol–water partition coefficient (Wildman–Crippen LogP) is 2.41. The number of nitrogens with two attached hydrogens (primary N) is 1. The lowest BCUT2D eigenvalue weighted by atomic mass is 10.1. The van der Waals surface area contributed by atoms with Gasteiger partial charge in [-0.05, 0) is 37.5 Å². The maximum absolute atomic E-state index is 14.2. The van der Waals surface area contributed by atoms with Crippen LogP contribution in [0.5, 0.6) is 5.75 Å². The Morgan fingerprint density at radius 1 is 1.11 bits per heavy atom. The maximum Gasteiger partial charge on any atom is 0.270 e. The minimum absolute atomic E-state index is 0.0529. The molecular formula is C19H21FN4O3. The molecule has 2 aliphatic heterocycles. The van der Waals surface area contributed by atoms with Gasteiger partial charge in [-0.25, -0.2) is 4.39 Å². The standard InChI is InChI=1S/C19H21FN4O3/c20-14-10-12(4-5-13(14)17(21)25)24-8-9-27-16-11-15(22-18(16)24)19(26)23-6-2-1-3-7-23/h4-5,10-11,22H,1-3,6-9H2,(H2,21,25). The highest BCUT2D eigenvalue weighted by molar-refractivity contribution is 5.95. The highest BCUT2D eigenvalue weighted by atomic mass is 19.1. The summed E-state index contributed by atoms with van der Waals surface area (Å²) in [7, 11) is 0. The maximum atomic E-state index is 14.2. The molecule has 0 saturated carbocycles. The molecule has 27 heavy (non-hydrogen) atoms. The van der Waals surface area contributed by atoms with Crippen molar-refractivity contribution in [2.45, 2.75) is 19.3 Å². The average molecular weight is 372 g/mol. The summed E-state index contributed by atoms with van der Waals surface area (Å²) in [6, 6.07) is 5.96. The molecule has 3 N–H and O–H groups in total. The van der Waals surface area contributed by atoms with Crippen LogP contribution in [0.25, 0.3) is 0 Å². The van der Waals surface area contributed by atoms with Crippen LogP contribution in [0.1, 0.15) is 40.1 Å². The molecule has 2 amide bonds. The van der Waals surface area contributed by atoms with E-state index < -0.39 is 11.7 Å². The van der Waals surface area contributed by atoms with Crippen molar-refractivity contribution in [3.63, 3.8) is 0 Å². The van der Waals surface area contributed by atoms with E-state index >= 15 is 0 Å². The van der Waals surface area contributed by atoms with Gasteiger partial charge in [0.25, 0.3) is 11.8 Å². The molecule has 0 bridgehead atoms. The van der Waals surface area contributed by atoms with Crippen molar-refractivity contribution in [3.05, 3.63) is 41.3 Å². The van der Waals surface area contributed by atoms with Crippen LogP contribution >= 0.6 is 0 Å². The van der Waals surface area contributed by atoms with Gasteiger partial charge in [0.15, 0.2) is 11.6 Å². The smallest absolute Gasteiger partial charge is 0.270 e. The molecule has 2 aliphatic rings. The number of rotatable bonds is 3. The van der Waals surface area contributed by atoms with Crippen LogP contribution in [0.2, 0.25) is 0 Å². The highest BCUT2D eigenvalue weighted by Crippen LogP contribution is 2.37. The summed E-state index contributed by atoms with van der Waals surface area (Å²) in [5.41, 5.74) is 6.03. The van der Waals surface area contributed by atoms with Gasteiger partial charge in [-0.1, -0.05) is 0 Å². The number of fused-ring (bicyclic) bond motifs is 1. The van der Waals surface area contributed by atoms with Crippen molar-refractivity contribution in [1.29, 1.82) is 0 Å². The fraction of sp³-hybridized carbons (Fsp3) is 0.368. The Hall–Kier alpha value is -3.03. The summed E-state index contributed by atoms with van der Waals surface area (Å²) < 4.78 is 19.9. The van der Waals surface area contributed by atoms with Gasteiger partial charge in [-0.2, -0.15) is 0 Å². The van der Waals surface area contributed by atoms with E-state index in [9.17, 15) is 14.0 Å². The molecule has 0 radical (unpaired) electrons. The van der Waals surface area contributed by atoms with Crippen LogP contribution in [0, 0.1) is 5.82 Å². The second-order valence-electron chi connectivity index (χ2n) is 6.78. The number of hydrogen-bond donors (Lipinski definition) is 2. The molecule has 7 nitrogen and oxygen atoms in total. The Morgan fingerprint density at radius 3 is 2.59 bits per heavy atom. The van der Waals surface area contributed by atoms with Crippen molar-refractivity contribution in [3.8, 4) is 5.75 Å². The first-order valence-electron chi connectivity index (χ1n) is 9.06. The lowest BCUT2D eigenvalue weighted by Crippen LogP contribution is -2.35. The van der Waals surface area contributed by atoms with E-state index in [1.807, 2.05) is 9.80 Å². The number of carbonyl (C=O) groups excluding carboxylic acids is 2. The van der Waals surface area contributed by atoms with Crippen molar-refractivity contribution >= 4 is 23.3 Å². The zero-order valence-corrected chi connectivity index (χ0v) is 14.8. The number of halogens is 1.